The van der Waals surface area contributed by atoms with Crippen LogP contribution in [0.1, 0.15) is 28.8 Å². The summed E-state index contributed by atoms with van der Waals surface area (Å²) in [6.45, 7) is 3.85. The van der Waals surface area contributed by atoms with Gasteiger partial charge in [0, 0.05) is 39.4 Å². The summed E-state index contributed by atoms with van der Waals surface area (Å²) in [6.07, 6.45) is 1.26. The molecule has 1 aliphatic rings. The molecule has 1 aliphatic heterocycles. The fourth-order valence-corrected chi connectivity index (χ4v) is 3.41. The van der Waals surface area contributed by atoms with E-state index in [0.29, 0.717) is 44.6 Å². The van der Waals surface area contributed by atoms with Crippen LogP contribution in [0.15, 0.2) is 24.3 Å². The highest BCUT2D eigenvalue weighted by Crippen LogP contribution is 2.22. The topological polar surface area (TPSA) is 97.0 Å². The first-order valence-electron chi connectivity index (χ1n) is 9.87. The van der Waals surface area contributed by atoms with Crippen LogP contribution in [0.5, 0.6) is 0 Å². The van der Waals surface area contributed by atoms with Gasteiger partial charge in [0.05, 0.1) is 6.61 Å². The van der Waals surface area contributed by atoms with Crippen molar-refractivity contribution in [3.05, 3.63) is 35.4 Å². The van der Waals surface area contributed by atoms with Crippen LogP contribution in [-0.2, 0) is 19.1 Å². The Morgan fingerprint density at radius 1 is 1.10 bits per heavy atom. The van der Waals surface area contributed by atoms with Crippen LogP contribution in [0.2, 0.25) is 0 Å². The molecule has 0 radical (unpaired) electrons. The molecule has 160 valence electrons. The van der Waals surface area contributed by atoms with E-state index in [1.54, 1.807) is 24.1 Å². The number of carbonyl (C=O) groups is 3. The Morgan fingerprint density at radius 3 is 2.34 bits per heavy atom. The molecule has 0 aromatic heterocycles. The van der Waals surface area contributed by atoms with Crippen LogP contribution < -0.4 is 10.6 Å². The maximum atomic E-state index is 12.8. The molecule has 0 aliphatic carbocycles. The number of rotatable bonds is 9. The van der Waals surface area contributed by atoms with Crippen molar-refractivity contribution in [1.82, 2.24) is 15.5 Å². The van der Waals surface area contributed by atoms with Gasteiger partial charge in [0.1, 0.15) is 12.6 Å². The molecule has 0 saturated carbocycles. The van der Waals surface area contributed by atoms with Gasteiger partial charge >= 0.3 is 0 Å². The summed E-state index contributed by atoms with van der Waals surface area (Å²) >= 11 is 0. The Labute approximate surface area is 171 Å². The number of nitrogens with zero attached hydrogens (tertiary/aromatic N) is 1. The average Bonchev–Trinajstić information content (AvgIpc) is 2.72. The van der Waals surface area contributed by atoms with Crippen LogP contribution in [0, 0.1) is 12.8 Å². The smallest absolute Gasteiger partial charge is 0.251 e. The number of hydrogen-bond donors (Lipinski definition) is 2. The molecule has 1 atom stereocenters. The zero-order valence-corrected chi connectivity index (χ0v) is 17.4. The molecule has 29 heavy (non-hydrogen) atoms. The molecule has 1 aromatic rings. The average molecular weight is 405 g/mol. The molecular formula is C21H31N3O5. The van der Waals surface area contributed by atoms with Crippen molar-refractivity contribution in [1.29, 1.82) is 0 Å². The van der Waals surface area contributed by atoms with E-state index in [1.165, 1.54) is 7.11 Å². The highest BCUT2D eigenvalue weighted by molar-refractivity contribution is 5.97. The first kappa shape index (κ1) is 22.8. The molecule has 1 aromatic carbocycles. The van der Waals surface area contributed by atoms with E-state index in [9.17, 15) is 14.4 Å². The molecule has 2 rings (SSSR count). The number of methoxy groups -OCH3 is 2. The van der Waals surface area contributed by atoms with Crippen LogP contribution >= 0.6 is 0 Å². The highest BCUT2D eigenvalue weighted by Gasteiger charge is 2.33. The molecule has 0 spiro atoms. The molecule has 2 N–H and O–H groups in total. The number of carbonyl (C=O) groups excluding carboxylic acids is 3. The molecule has 1 fully saturated rings. The Kier molecular flexibility index (Phi) is 9.08. The van der Waals surface area contributed by atoms with Gasteiger partial charge in [-0.2, -0.15) is 0 Å². The summed E-state index contributed by atoms with van der Waals surface area (Å²) in [7, 11) is 3.06. The zero-order valence-electron chi connectivity index (χ0n) is 17.4. The number of likely N-dealkylation sites (tertiary alicyclic amines) is 1. The van der Waals surface area contributed by atoms with Gasteiger partial charge in [-0.1, -0.05) is 17.7 Å². The molecule has 0 bridgehead atoms. The summed E-state index contributed by atoms with van der Waals surface area (Å²) < 4.78 is 9.89. The summed E-state index contributed by atoms with van der Waals surface area (Å²) in [4.78, 5) is 39.2. The van der Waals surface area contributed by atoms with Gasteiger partial charge < -0.3 is 25.0 Å². The van der Waals surface area contributed by atoms with Gasteiger partial charge in [0.25, 0.3) is 5.91 Å². The third-order valence-electron chi connectivity index (χ3n) is 5.12. The second-order valence-electron chi connectivity index (χ2n) is 7.25. The standard InChI is InChI=1S/C21H31N3O5/c1-15-4-6-17(7-5-15)20(26)23-19(21(27)22-10-13-28-2)16-8-11-24(12-9-16)18(25)14-29-3/h4-7,16,19H,8-14H2,1-3H3,(H,22,27)(H,23,26)/t19-/m1/s1. The second kappa shape index (κ2) is 11.5. The maximum Gasteiger partial charge on any atom is 0.251 e. The van der Waals surface area contributed by atoms with E-state index in [2.05, 4.69) is 10.6 Å². The van der Waals surface area contributed by atoms with Crippen LogP contribution in [0.4, 0.5) is 0 Å². The minimum atomic E-state index is -0.666. The lowest BCUT2D eigenvalue weighted by molar-refractivity contribution is -0.136. The lowest BCUT2D eigenvalue weighted by Crippen LogP contribution is -2.54. The predicted molar refractivity (Wildman–Crippen MR) is 108 cm³/mol. The zero-order chi connectivity index (χ0) is 21.2. The molecule has 8 heteroatoms. The van der Waals surface area contributed by atoms with E-state index in [-0.39, 0.29) is 30.2 Å². The quantitative estimate of drug-likeness (QED) is 0.591. The largest absolute Gasteiger partial charge is 0.383 e. The Bertz CT molecular complexity index is 684. The van der Waals surface area contributed by atoms with Crippen molar-refractivity contribution >= 4 is 17.7 Å². The van der Waals surface area contributed by atoms with E-state index < -0.39 is 6.04 Å². The number of hydrogen-bond acceptors (Lipinski definition) is 5. The minimum Gasteiger partial charge on any atom is -0.383 e. The van der Waals surface area contributed by atoms with Gasteiger partial charge in [-0.15, -0.1) is 0 Å². The number of nitrogens with one attached hydrogen (secondary N) is 2. The van der Waals surface area contributed by atoms with Crippen molar-refractivity contribution in [3.8, 4) is 0 Å². The lowest BCUT2D eigenvalue weighted by Gasteiger charge is -2.35. The van der Waals surface area contributed by atoms with Crippen LogP contribution in [-0.4, -0.2) is 75.7 Å². The minimum absolute atomic E-state index is 0.0513. The van der Waals surface area contributed by atoms with E-state index in [4.69, 9.17) is 9.47 Å². The molecule has 1 saturated heterocycles. The first-order chi connectivity index (χ1) is 14.0. The summed E-state index contributed by atoms with van der Waals surface area (Å²) in [5.74, 6) is -0.631. The van der Waals surface area contributed by atoms with Crippen molar-refractivity contribution in [2.24, 2.45) is 5.92 Å². The Morgan fingerprint density at radius 2 is 1.76 bits per heavy atom. The highest BCUT2D eigenvalue weighted by atomic mass is 16.5. The van der Waals surface area contributed by atoms with E-state index >= 15 is 0 Å². The second-order valence-corrected chi connectivity index (χ2v) is 7.25. The fourth-order valence-electron chi connectivity index (χ4n) is 3.41. The van der Waals surface area contributed by atoms with Crippen molar-refractivity contribution in [3.63, 3.8) is 0 Å². The number of amides is 3. The normalized spacial score (nSPS) is 15.6. The summed E-state index contributed by atoms with van der Waals surface area (Å²) in [5, 5.41) is 5.72. The molecular weight excluding hydrogens is 374 g/mol. The monoisotopic (exact) mass is 405 g/mol. The number of aryl methyl sites for hydroxylation is 1. The maximum absolute atomic E-state index is 12.8. The molecule has 0 unspecified atom stereocenters. The first-order valence-corrected chi connectivity index (χ1v) is 9.87. The molecule has 8 nitrogen and oxygen atoms in total. The summed E-state index contributed by atoms with van der Waals surface area (Å²) in [6, 6.07) is 6.55. The summed E-state index contributed by atoms with van der Waals surface area (Å²) in [5.41, 5.74) is 1.57. The predicted octanol–water partition coefficient (Wildman–Crippen LogP) is 0.741. The number of ether oxygens (including phenoxy) is 2. The Hall–Kier alpha value is -2.45. The van der Waals surface area contributed by atoms with E-state index in [1.807, 2.05) is 19.1 Å². The Balaban J connectivity index is 2.05. The van der Waals surface area contributed by atoms with Gasteiger partial charge in [-0.3, -0.25) is 14.4 Å². The van der Waals surface area contributed by atoms with Crippen LogP contribution in [0.3, 0.4) is 0 Å². The van der Waals surface area contributed by atoms with Gasteiger partial charge in [-0.25, -0.2) is 0 Å². The van der Waals surface area contributed by atoms with Gasteiger partial charge in [0.2, 0.25) is 11.8 Å². The lowest BCUT2D eigenvalue weighted by atomic mass is 9.88. The fraction of sp³-hybridized carbons (Fsp3) is 0.571. The third-order valence-corrected chi connectivity index (χ3v) is 5.12. The number of benzene rings is 1. The van der Waals surface area contributed by atoms with Crippen LogP contribution in [0.25, 0.3) is 0 Å². The SMILES string of the molecule is COCCNC(=O)[C@H](NC(=O)c1ccc(C)cc1)C1CCN(C(=O)COC)CC1. The van der Waals surface area contributed by atoms with Crippen molar-refractivity contribution in [2.45, 2.75) is 25.8 Å². The van der Waals surface area contributed by atoms with E-state index in [0.717, 1.165) is 5.56 Å². The number of piperidine rings is 1. The van der Waals surface area contributed by atoms with Crippen molar-refractivity contribution in [2.75, 3.05) is 47.1 Å². The molecule has 3 amide bonds. The van der Waals surface area contributed by atoms with Gasteiger partial charge in [0.15, 0.2) is 0 Å². The third kappa shape index (κ3) is 6.83. The van der Waals surface area contributed by atoms with Gasteiger partial charge in [-0.05, 0) is 37.8 Å². The molecule has 1 heterocycles. The van der Waals surface area contributed by atoms with Crippen molar-refractivity contribution < 1.29 is 23.9 Å².